The van der Waals surface area contributed by atoms with Crippen molar-refractivity contribution in [2.45, 2.75) is 37.6 Å². The molecule has 0 unspecified atom stereocenters. The second-order valence-corrected chi connectivity index (χ2v) is 9.40. The largest absolute Gasteiger partial charge is 0.383 e. The monoisotopic (exact) mass is 407 g/mol. The molecule has 0 saturated heterocycles. The van der Waals surface area contributed by atoms with Crippen LogP contribution in [0.25, 0.3) is 10.2 Å². The molecule has 10 heteroatoms. The summed E-state index contributed by atoms with van der Waals surface area (Å²) >= 11 is 4.23. The summed E-state index contributed by atoms with van der Waals surface area (Å²) < 4.78 is 5.88. The first-order valence-electron chi connectivity index (χ1n) is 7.95. The number of nitrogens with one attached hydrogen (secondary N) is 1. The van der Waals surface area contributed by atoms with E-state index in [1.807, 2.05) is 5.38 Å². The fourth-order valence-electron chi connectivity index (χ4n) is 2.79. The van der Waals surface area contributed by atoms with E-state index in [2.05, 4.69) is 34.1 Å². The number of nitrogen functional groups attached to an aromatic ring is 1. The second-order valence-electron chi connectivity index (χ2n) is 6.47. The lowest BCUT2D eigenvalue weighted by atomic mass is 9.94. The zero-order chi connectivity index (χ0) is 18.3. The molecule has 0 aromatic carbocycles. The number of nitrogens with two attached hydrogens (primary N) is 1. The number of carbonyl (C=O) groups is 1. The molecule has 4 rings (SSSR count). The van der Waals surface area contributed by atoms with Crippen LogP contribution in [-0.4, -0.2) is 32.2 Å². The number of thioether (sulfide) groups is 1. The molecule has 0 spiro atoms. The molecule has 3 N–H and O–H groups in total. The highest BCUT2D eigenvalue weighted by molar-refractivity contribution is 7.99. The number of fused-ring (bicyclic) bond motifs is 3. The molecule has 1 aliphatic heterocycles. The number of ether oxygens (including phenoxy) is 1. The van der Waals surface area contributed by atoms with Gasteiger partial charge in [-0.1, -0.05) is 11.8 Å². The summed E-state index contributed by atoms with van der Waals surface area (Å²) in [7, 11) is 0. The molecule has 0 fully saturated rings. The third kappa shape index (κ3) is 3.54. The van der Waals surface area contributed by atoms with Crippen LogP contribution in [0.2, 0.25) is 0 Å². The van der Waals surface area contributed by atoms with Gasteiger partial charge in [0.15, 0.2) is 10.3 Å². The standard InChI is InChI=1S/C16H17N5O2S3/c1-16(2)5-8-9(6-23-16)26-13-11(8)12(17)20-15(21-13)25-7-10(22)19-14-18-3-4-24-14/h3-4H,5-7H2,1-2H3,(H2,17,20,21)(H,18,19,22). The van der Waals surface area contributed by atoms with Crippen LogP contribution >= 0.6 is 34.4 Å². The fraction of sp³-hybridized carbons (Fsp3) is 0.375. The third-order valence-electron chi connectivity index (χ3n) is 3.95. The van der Waals surface area contributed by atoms with E-state index in [9.17, 15) is 4.79 Å². The summed E-state index contributed by atoms with van der Waals surface area (Å²) in [6.45, 7) is 4.71. The van der Waals surface area contributed by atoms with Crippen LogP contribution in [0.5, 0.6) is 0 Å². The summed E-state index contributed by atoms with van der Waals surface area (Å²) in [6, 6.07) is 0. The first-order valence-corrected chi connectivity index (χ1v) is 10.6. The summed E-state index contributed by atoms with van der Waals surface area (Å²) in [5.74, 6) is 0.520. The predicted molar refractivity (Wildman–Crippen MR) is 106 cm³/mol. The van der Waals surface area contributed by atoms with Gasteiger partial charge in [0, 0.05) is 22.9 Å². The van der Waals surface area contributed by atoms with E-state index >= 15 is 0 Å². The van der Waals surface area contributed by atoms with E-state index in [-0.39, 0.29) is 17.3 Å². The molecular formula is C16H17N5O2S3. The molecule has 7 nitrogen and oxygen atoms in total. The minimum atomic E-state index is -0.214. The van der Waals surface area contributed by atoms with Crippen LogP contribution in [0.4, 0.5) is 10.9 Å². The SMILES string of the molecule is CC1(C)Cc2c(sc3nc(SCC(=O)Nc4nccs4)nc(N)c23)CO1. The van der Waals surface area contributed by atoms with Gasteiger partial charge in [-0.2, -0.15) is 0 Å². The Kier molecular flexibility index (Phi) is 4.59. The fourth-order valence-corrected chi connectivity index (χ4v) is 5.15. The molecule has 0 bridgehead atoms. The summed E-state index contributed by atoms with van der Waals surface area (Å²) in [6.07, 6.45) is 2.44. The van der Waals surface area contributed by atoms with Gasteiger partial charge < -0.3 is 15.8 Å². The molecular weight excluding hydrogens is 390 g/mol. The molecule has 136 valence electrons. The smallest absolute Gasteiger partial charge is 0.236 e. The highest BCUT2D eigenvalue weighted by Crippen LogP contribution is 2.40. The minimum absolute atomic E-state index is 0.146. The Morgan fingerprint density at radius 2 is 2.31 bits per heavy atom. The van der Waals surface area contributed by atoms with Gasteiger partial charge in [0.25, 0.3) is 0 Å². The molecule has 4 heterocycles. The Labute approximate surface area is 162 Å². The molecule has 0 saturated carbocycles. The molecule has 3 aromatic heterocycles. The zero-order valence-corrected chi connectivity index (χ0v) is 16.7. The van der Waals surface area contributed by atoms with Crippen LogP contribution in [-0.2, 0) is 22.6 Å². The van der Waals surface area contributed by atoms with Gasteiger partial charge in [0.2, 0.25) is 5.91 Å². The van der Waals surface area contributed by atoms with Gasteiger partial charge in [-0.3, -0.25) is 4.79 Å². The number of nitrogens with zero attached hydrogens (tertiary/aromatic N) is 3. The second kappa shape index (κ2) is 6.76. The highest BCUT2D eigenvalue weighted by Gasteiger charge is 2.30. The molecule has 26 heavy (non-hydrogen) atoms. The van der Waals surface area contributed by atoms with Gasteiger partial charge in [-0.05, 0) is 19.4 Å². The van der Waals surface area contributed by atoms with Crippen LogP contribution in [0, 0.1) is 0 Å². The quantitative estimate of drug-likeness (QED) is 0.505. The number of thiophene rings is 1. The minimum Gasteiger partial charge on any atom is -0.383 e. The number of hydrogen-bond donors (Lipinski definition) is 2. The van der Waals surface area contributed by atoms with E-state index in [0.717, 1.165) is 21.5 Å². The maximum Gasteiger partial charge on any atom is 0.236 e. The van der Waals surface area contributed by atoms with Crippen molar-refractivity contribution in [1.82, 2.24) is 15.0 Å². The Morgan fingerprint density at radius 1 is 1.46 bits per heavy atom. The number of carbonyl (C=O) groups excluding carboxylic acids is 1. The van der Waals surface area contributed by atoms with Crippen molar-refractivity contribution < 1.29 is 9.53 Å². The first kappa shape index (κ1) is 17.7. The molecule has 1 aliphatic rings. The topological polar surface area (TPSA) is 103 Å². The van der Waals surface area contributed by atoms with Gasteiger partial charge in [0.1, 0.15) is 10.6 Å². The van der Waals surface area contributed by atoms with Gasteiger partial charge >= 0.3 is 0 Å². The maximum absolute atomic E-state index is 12.0. The van der Waals surface area contributed by atoms with Gasteiger partial charge in [0.05, 0.1) is 23.3 Å². The van der Waals surface area contributed by atoms with Crippen LogP contribution in [0.15, 0.2) is 16.7 Å². The molecule has 3 aromatic rings. The summed E-state index contributed by atoms with van der Waals surface area (Å²) in [4.78, 5) is 27.0. The maximum atomic E-state index is 12.0. The van der Waals surface area contributed by atoms with E-state index in [1.165, 1.54) is 28.7 Å². The van der Waals surface area contributed by atoms with Crippen molar-refractivity contribution in [2.75, 3.05) is 16.8 Å². The number of amides is 1. The number of rotatable bonds is 4. The summed E-state index contributed by atoms with van der Waals surface area (Å²) in [5.41, 5.74) is 7.20. The van der Waals surface area contributed by atoms with E-state index < -0.39 is 0 Å². The lowest BCUT2D eigenvalue weighted by Crippen LogP contribution is -2.31. The first-order chi connectivity index (χ1) is 12.4. The Morgan fingerprint density at radius 3 is 3.08 bits per heavy atom. The Bertz CT molecular complexity index is 968. The van der Waals surface area contributed by atoms with Crippen LogP contribution in [0.3, 0.4) is 0 Å². The average molecular weight is 408 g/mol. The van der Waals surface area contributed by atoms with E-state index in [0.29, 0.717) is 22.7 Å². The van der Waals surface area contributed by atoms with Crippen molar-refractivity contribution in [2.24, 2.45) is 0 Å². The normalized spacial score (nSPS) is 15.8. The molecule has 0 radical (unpaired) electrons. The number of thiazole rings is 1. The highest BCUT2D eigenvalue weighted by atomic mass is 32.2. The van der Waals surface area contributed by atoms with Crippen molar-refractivity contribution >= 4 is 61.5 Å². The molecule has 0 aliphatic carbocycles. The van der Waals surface area contributed by atoms with Gasteiger partial charge in [-0.25, -0.2) is 15.0 Å². The van der Waals surface area contributed by atoms with Crippen LogP contribution < -0.4 is 11.1 Å². The lowest BCUT2D eigenvalue weighted by Gasteiger charge is -2.30. The number of hydrogen-bond acceptors (Lipinski definition) is 9. The van der Waals surface area contributed by atoms with Crippen molar-refractivity contribution in [3.63, 3.8) is 0 Å². The molecule has 0 atom stereocenters. The van der Waals surface area contributed by atoms with E-state index in [1.54, 1.807) is 17.5 Å². The van der Waals surface area contributed by atoms with Crippen LogP contribution in [0.1, 0.15) is 24.3 Å². The summed E-state index contributed by atoms with van der Waals surface area (Å²) in [5, 5.41) is 6.56. The number of aromatic nitrogens is 3. The number of anilines is 2. The van der Waals surface area contributed by atoms with Gasteiger partial charge in [-0.15, -0.1) is 22.7 Å². The zero-order valence-electron chi connectivity index (χ0n) is 14.2. The van der Waals surface area contributed by atoms with Crippen molar-refractivity contribution in [3.05, 3.63) is 22.0 Å². The predicted octanol–water partition coefficient (Wildman–Crippen LogP) is 3.31. The van der Waals surface area contributed by atoms with Crippen molar-refractivity contribution in [1.29, 1.82) is 0 Å². The molecule has 1 amide bonds. The average Bonchev–Trinajstić information content (AvgIpc) is 3.19. The third-order valence-corrected chi connectivity index (χ3v) is 6.58. The Balaban J connectivity index is 1.53. The van der Waals surface area contributed by atoms with E-state index in [4.69, 9.17) is 10.5 Å². The van der Waals surface area contributed by atoms with Crippen molar-refractivity contribution in [3.8, 4) is 0 Å². The Hall–Kier alpha value is -1.75. The lowest BCUT2D eigenvalue weighted by molar-refractivity contribution is -0.113.